The molecule has 5 nitrogen and oxygen atoms in total. The number of rotatable bonds is 5. The van der Waals surface area contributed by atoms with Crippen molar-refractivity contribution in [2.45, 2.75) is 18.9 Å². The Hall–Kier alpha value is -1.85. The maximum atomic E-state index is 13.1. The Balaban J connectivity index is 1.82. The van der Waals surface area contributed by atoms with Crippen molar-refractivity contribution in [2.24, 2.45) is 0 Å². The molecule has 2 aromatic rings. The number of hydrogen-bond donors (Lipinski definition) is 1. The monoisotopic (exact) mass is 315 g/mol. The van der Waals surface area contributed by atoms with E-state index in [2.05, 4.69) is 9.88 Å². The van der Waals surface area contributed by atoms with E-state index in [1.54, 1.807) is 0 Å². The number of likely N-dealkylation sites (N-methyl/N-ethyl adjacent to an activating group) is 1. The van der Waals surface area contributed by atoms with Crippen LogP contribution in [-0.4, -0.2) is 67.1 Å². The summed E-state index contributed by atoms with van der Waals surface area (Å²) in [5, 5.41) is 1.08. The zero-order valence-corrected chi connectivity index (χ0v) is 13.9. The molecule has 124 valence electrons. The predicted octanol–water partition coefficient (Wildman–Crippen LogP) is 2.35. The molecule has 1 amide bonds. The highest BCUT2D eigenvalue weighted by atomic mass is 16.5. The number of amides is 1. The van der Waals surface area contributed by atoms with Gasteiger partial charge in [0.25, 0.3) is 5.91 Å². The van der Waals surface area contributed by atoms with Crippen LogP contribution >= 0.6 is 0 Å². The van der Waals surface area contributed by atoms with E-state index in [9.17, 15) is 4.79 Å². The fourth-order valence-corrected chi connectivity index (χ4v) is 3.11. The van der Waals surface area contributed by atoms with Gasteiger partial charge in [0.2, 0.25) is 0 Å². The molecule has 0 aliphatic carbocycles. The number of carbonyl (C=O) groups excluding carboxylic acids is 1. The highest BCUT2D eigenvalue weighted by Crippen LogP contribution is 2.20. The van der Waals surface area contributed by atoms with Crippen molar-refractivity contribution in [2.75, 3.05) is 40.4 Å². The van der Waals surface area contributed by atoms with Gasteiger partial charge in [-0.25, -0.2) is 0 Å². The molecule has 23 heavy (non-hydrogen) atoms. The zero-order chi connectivity index (χ0) is 16.2. The summed E-state index contributed by atoms with van der Waals surface area (Å²) in [4.78, 5) is 20.4. The molecule has 0 spiro atoms. The van der Waals surface area contributed by atoms with E-state index in [0.717, 1.165) is 55.6 Å². The molecule has 1 N–H and O–H groups in total. The Morgan fingerprint density at radius 3 is 2.74 bits per heavy atom. The Kier molecular flexibility index (Phi) is 4.98. The molecule has 0 bridgehead atoms. The number of carbonyl (C=O) groups is 1. The van der Waals surface area contributed by atoms with Crippen molar-refractivity contribution in [3.63, 3.8) is 0 Å². The fraction of sp³-hybridized carbons (Fsp3) is 0.500. The van der Waals surface area contributed by atoms with Gasteiger partial charge in [-0.1, -0.05) is 0 Å². The van der Waals surface area contributed by atoms with Gasteiger partial charge in [-0.2, -0.15) is 0 Å². The number of hydrogen-bond acceptors (Lipinski definition) is 3. The van der Waals surface area contributed by atoms with E-state index in [0.29, 0.717) is 0 Å². The minimum atomic E-state index is 0.127. The number of nitrogens with one attached hydrogen (secondary N) is 1. The molecule has 0 radical (unpaired) electrons. The number of H-pyrrole nitrogens is 1. The Morgan fingerprint density at radius 2 is 2.00 bits per heavy atom. The molecule has 1 aliphatic heterocycles. The molecule has 1 saturated heterocycles. The zero-order valence-electron chi connectivity index (χ0n) is 13.9. The first kappa shape index (κ1) is 16.0. The van der Waals surface area contributed by atoms with Gasteiger partial charge >= 0.3 is 0 Å². The summed E-state index contributed by atoms with van der Waals surface area (Å²) < 4.78 is 5.46. The third-order valence-corrected chi connectivity index (χ3v) is 4.48. The van der Waals surface area contributed by atoms with Crippen LogP contribution in [-0.2, 0) is 4.74 Å². The molecular formula is C18H25N3O2. The van der Waals surface area contributed by atoms with Gasteiger partial charge < -0.3 is 19.5 Å². The summed E-state index contributed by atoms with van der Waals surface area (Å²) in [5.74, 6) is 0.127. The lowest BCUT2D eigenvalue weighted by atomic mass is 10.0. The topological polar surface area (TPSA) is 48.6 Å². The van der Waals surface area contributed by atoms with Gasteiger partial charge in [0.15, 0.2) is 0 Å². The van der Waals surface area contributed by atoms with Crippen LogP contribution in [0.25, 0.3) is 10.9 Å². The van der Waals surface area contributed by atoms with Crippen LogP contribution in [0, 0.1) is 0 Å². The summed E-state index contributed by atoms with van der Waals surface area (Å²) >= 11 is 0. The lowest BCUT2D eigenvalue weighted by Crippen LogP contribution is -2.46. The first-order valence-corrected chi connectivity index (χ1v) is 8.26. The molecular weight excluding hydrogens is 290 g/mol. The number of benzene rings is 1. The second-order valence-electron chi connectivity index (χ2n) is 6.43. The minimum absolute atomic E-state index is 0.127. The average molecular weight is 315 g/mol. The van der Waals surface area contributed by atoms with Crippen LogP contribution < -0.4 is 0 Å². The second kappa shape index (κ2) is 7.15. The minimum Gasteiger partial charge on any atom is -0.381 e. The number of nitrogens with zero attached hydrogens (tertiary/aromatic N) is 2. The number of fused-ring (bicyclic) bond motifs is 1. The summed E-state index contributed by atoms with van der Waals surface area (Å²) in [6.07, 6.45) is 3.75. The summed E-state index contributed by atoms with van der Waals surface area (Å²) in [7, 11) is 4.08. The number of aromatic nitrogens is 1. The first-order chi connectivity index (χ1) is 11.1. The van der Waals surface area contributed by atoms with Gasteiger partial charge in [-0.15, -0.1) is 0 Å². The van der Waals surface area contributed by atoms with E-state index >= 15 is 0 Å². The van der Waals surface area contributed by atoms with Crippen molar-refractivity contribution in [1.82, 2.24) is 14.8 Å². The van der Waals surface area contributed by atoms with Gasteiger partial charge in [-0.05, 0) is 51.2 Å². The quantitative estimate of drug-likeness (QED) is 0.921. The van der Waals surface area contributed by atoms with Gasteiger partial charge in [-0.3, -0.25) is 4.79 Å². The Bertz CT molecular complexity index is 659. The van der Waals surface area contributed by atoms with Crippen LogP contribution in [0.4, 0.5) is 0 Å². The molecule has 3 rings (SSSR count). The molecule has 1 aromatic heterocycles. The largest absolute Gasteiger partial charge is 0.381 e. The van der Waals surface area contributed by atoms with Crippen LogP contribution in [0.1, 0.15) is 23.2 Å². The van der Waals surface area contributed by atoms with Gasteiger partial charge in [0, 0.05) is 55.0 Å². The molecule has 1 aliphatic rings. The second-order valence-corrected chi connectivity index (χ2v) is 6.43. The van der Waals surface area contributed by atoms with E-state index in [1.807, 2.05) is 49.5 Å². The van der Waals surface area contributed by atoms with Crippen molar-refractivity contribution >= 4 is 16.8 Å². The van der Waals surface area contributed by atoms with Crippen LogP contribution in [0.15, 0.2) is 30.5 Å². The lowest BCUT2D eigenvalue weighted by Gasteiger charge is -2.35. The van der Waals surface area contributed by atoms with E-state index in [4.69, 9.17) is 4.74 Å². The third kappa shape index (κ3) is 3.74. The van der Waals surface area contributed by atoms with Crippen molar-refractivity contribution in [1.29, 1.82) is 0 Å². The Morgan fingerprint density at radius 1 is 1.22 bits per heavy atom. The van der Waals surface area contributed by atoms with Crippen molar-refractivity contribution < 1.29 is 9.53 Å². The summed E-state index contributed by atoms with van der Waals surface area (Å²) in [5.41, 5.74) is 1.83. The van der Waals surface area contributed by atoms with Gasteiger partial charge in [0.1, 0.15) is 0 Å². The van der Waals surface area contributed by atoms with E-state index in [1.165, 1.54) is 0 Å². The Labute approximate surface area is 137 Å². The highest BCUT2D eigenvalue weighted by Gasteiger charge is 2.26. The average Bonchev–Trinajstić information content (AvgIpc) is 3.03. The molecule has 0 unspecified atom stereocenters. The van der Waals surface area contributed by atoms with E-state index in [-0.39, 0.29) is 11.9 Å². The lowest BCUT2D eigenvalue weighted by molar-refractivity contribution is 0.0276. The fourth-order valence-electron chi connectivity index (χ4n) is 3.11. The summed E-state index contributed by atoms with van der Waals surface area (Å²) in [6.45, 7) is 3.11. The standard InChI is InChI=1S/C18H25N3O2/c1-20(2)9-10-21(16-6-11-23-12-7-16)18(22)15-3-4-17-14(13-15)5-8-19-17/h3-5,8,13,16,19H,6-7,9-12H2,1-2H3. The van der Waals surface area contributed by atoms with Gasteiger partial charge in [0.05, 0.1) is 0 Å². The number of aromatic amines is 1. The van der Waals surface area contributed by atoms with Crippen molar-refractivity contribution in [3.05, 3.63) is 36.0 Å². The van der Waals surface area contributed by atoms with E-state index < -0.39 is 0 Å². The third-order valence-electron chi connectivity index (χ3n) is 4.48. The molecule has 0 saturated carbocycles. The molecule has 1 fully saturated rings. The molecule has 2 heterocycles. The maximum absolute atomic E-state index is 13.1. The maximum Gasteiger partial charge on any atom is 0.254 e. The van der Waals surface area contributed by atoms with Crippen LogP contribution in [0.5, 0.6) is 0 Å². The van der Waals surface area contributed by atoms with Crippen LogP contribution in [0.2, 0.25) is 0 Å². The smallest absolute Gasteiger partial charge is 0.254 e. The number of ether oxygens (including phenoxy) is 1. The van der Waals surface area contributed by atoms with Crippen molar-refractivity contribution in [3.8, 4) is 0 Å². The predicted molar refractivity (Wildman–Crippen MR) is 91.7 cm³/mol. The van der Waals surface area contributed by atoms with Crippen LogP contribution in [0.3, 0.4) is 0 Å². The molecule has 1 aromatic carbocycles. The normalized spacial score (nSPS) is 16.1. The molecule has 0 atom stereocenters. The SMILES string of the molecule is CN(C)CCN(C(=O)c1ccc2[nH]ccc2c1)C1CCOCC1. The summed E-state index contributed by atoms with van der Waals surface area (Å²) in [6, 6.07) is 8.17. The first-order valence-electron chi connectivity index (χ1n) is 8.26. The molecule has 5 heteroatoms. The highest BCUT2D eigenvalue weighted by molar-refractivity contribution is 5.98.